The number of amides is 2. The van der Waals surface area contributed by atoms with Crippen molar-refractivity contribution in [2.24, 2.45) is 0 Å². The van der Waals surface area contributed by atoms with E-state index in [0.29, 0.717) is 17.1 Å². The Morgan fingerprint density at radius 2 is 1.56 bits per heavy atom. The highest BCUT2D eigenvalue weighted by atomic mass is 16.5. The smallest absolute Gasteiger partial charge is 0.259 e. The van der Waals surface area contributed by atoms with Gasteiger partial charge in [-0.2, -0.15) is 0 Å². The fourth-order valence-electron chi connectivity index (χ4n) is 3.38. The van der Waals surface area contributed by atoms with E-state index in [9.17, 15) is 9.59 Å². The maximum atomic E-state index is 11.8. The van der Waals surface area contributed by atoms with E-state index < -0.39 is 0 Å². The van der Waals surface area contributed by atoms with Crippen molar-refractivity contribution in [3.05, 3.63) is 78.4 Å². The standard InChI is InChI=1S/C26H25N5O3/c1-27-26(33)18-8-12-19(13-9-18)28-25-22-7-5-4-6-21(22)24(29-30-25)17-10-14-20(15-11-17)34-16-23(32)31(2)3/h4-15H,16H2,1-3H3,(H,27,33)(H,28,30). The average Bonchev–Trinajstić information content (AvgIpc) is 2.87. The van der Waals surface area contributed by atoms with Crippen LogP contribution in [0.1, 0.15) is 10.4 Å². The third-order valence-corrected chi connectivity index (χ3v) is 5.31. The lowest BCUT2D eigenvalue weighted by Crippen LogP contribution is -2.27. The number of likely N-dealkylation sites (N-methyl/N-ethyl adjacent to an activating group) is 1. The van der Waals surface area contributed by atoms with Crippen molar-refractivity contribution >= 4 is 34.1 Å². The van der Waals surface area contributed by atoms with Crippen LogP contribution in [0.4, 0.5) is 11.5 Å². The summed E-state index contributed by atoms with van der Waals surface area (Å²) in [6.45, 7) is -0.0143. The molecule has 0 saturated heterocycles. The van der Waals surface area contributed by atoms with Crippen LogP contribution in [-0.4, -0.2) is 54.7 Å². The van der Waals surface area contributed by atoms with Gasteiger partial charge in [-0.25, -0.2) is 0 Å². The van der Waals surface area contributed by atoms with Crippen LogP contribution in [0.2, 0.25) is 0 Å². The van der Waals surface area contributed by atoms with Gasteiger partial charge in [0.15, 0.2) is 12.4 Å². The van der Waals surface area contributed by atoms with E-state index >= 15 is 0 Å². The SMILES string of the molecule is CNC(=O)c1ccc(Nc2nnc(-c3ccc(OCC(=O)N(C)C)cc3)c3ccccc23)cc1. The zero-order valence-electron chi connectivity index (χ0n) is 19.2. The van der Waals surface area contributed by atoms with E-state index in [1.54, 1.807) is 33.3 Å². The van der Waals surface area contributed by atoms with Crippen LogP contribution in [0.25, 0.3) is 22.0 Å². The lowest BCUT2D eigenvalue weighted by atomic mass is 10.0. The molecule has 172 valence electrons. The van der Waals surface area contributed by atoms with Crippen molar-refractivity contribution in [2.45, 2.75) is 0 Å². The van der Waals surface area contributed by atoms with Crippen molar-refractivity contribution in [3.8, 4) is 17.0 Å². The molecule has 0 spiro atoms. The minimum Gasteiger partial charge on any atom is -0.484 e. The van der Waals surface area contributed by atoms with Gasteiger partial charge in [-0.3, -0.25) is 9.59 Å². The Kier molecular flexibility index (Phi) is 6.68. The van der Waals surface area contributed by atoms with Gasteiger partial charge in [0.25, 0.3) is 11.8 Å². The molecular weight excluding hydrogens is 430 g/mol. The molecule has 1 heterocycles. The topological polar surface area (TPSA) is 96.5 Å². The molecule has 0 fully saturated rings. The molecule has 2 amide bonds. The largest absolute Gasteiger partial charge is 0.484 e. The van der Waals surface area contributed by atoms with E-state index in [-0.39, 0.29) is 18.4 Å². The number of hydrogen-bond acceptors (Lipinski definition) is 6. The second-order valence-corrected chi connectivity index (χ2v) is 7.83. The number of rotatable bonds is 7. The van der Waals surface area contributed by atoms with E-state index in [1.165, 1.54) is 4.90 Å². The fourth-order valence-corrected chi connectivity index (χ4v) is 3.38. The van der Waals surface area contributed by atoms with Crippen LogP contribution in [-0.2, 0) is 4.79 Å². The quantitative estimate of drug-likeness (QED) is 0.439. The second-order valence-electron chi connectivity index (χ2n) is 7.83. The molecule has 0 atom stereocenters. The molecule has 0 unspecified atom stereocenters. The van der Waals surface area contributed by atoms with Crippen LogP contribution in [0.3, 0.4) is 0 Å². The van der Waals surface area contributed by atoms with Crippen molar-refractivity contribution < 1.29 is 14.3 Å². The molecule has 8 heteroatoms. The van der Waals surface area contributed by atoms with Crippen molar-refractivity contribution in [1.29, 1.82) is 0 Å². The highest BCUT2D eigenvalue weighted by molar-refractivity contribution is 6.01. The number of hydrogen-bond donors (Lipinski definition) is 2. The number of benzene rings is 3. The van der Waals surface area contributed by atoms with Gasteiger partial charge in [0.2, 0.25) is 0 Å². The molecule has 0 aliphatic heterocycles. The van der Waals surface area contributed by atoms with Gasteiger partial charge >= 0.3 is 0 Å². The van der Waals surface area contributed by atoms with Crippen LogP contribution in [0.5, 0.6) is 5.75 Å². The molecule has 8 nitrogen and oxygen atoms in total. The van der Waals surface area contributed by atoms with Crippen molar-refractivity contribution in [3.63, 3.8) is 0 Å². The van der Waals surface area contributed by atoms with Gasteiger partial charge in [-0.15, -0.1) is 10.2 Å². The molecule has 0 aliphatic carbocycles. The number of nitrogens with one attached hydrogen (secondary N) is 2. The normalized spacial score (nSPS) is 10.6. The number of aromatic nitrogens is 2. The first-order valence-electron chi connectivity index (χ1n) is 10.7. The van der Waals surface area contributed by atoms with E-state index in [0.717, 1.165) is 27.7 Å². The highest BCUT2D eigenvalue weighted by Crippen LogP contribution is 2.31. The molecule has 0 aliphatic rings. The van der Waals surface area contributed by atoms with Gasteiger partial charge in [-0.1, -0.05) is 24.3 Å². The van der Waals surface area contributed by atoms with Gasteiger partial charge in [0, 0.05) is 48.7 Å². The van der Waals surface area contributed by atoms with Crippen LogP contribution in [0.15, 0.2) is 72.8 Å². The minimum atomic E-state index is -0.137. The Bertz CT molecular complexity index is 1320. The number of carbonyl (C=O) groups excluding carboxylic acids is 2. The summed E-state index contributed by atoms with van der Waals surface area (Å²) in [5.74, 6) is 0.984. The lowest BCUT2D eigenvalue weighted by molar-refractivity contribution is -0.130. The van der Waals surface area contributed by atoms with Gasteiger partial charge < -0.3 is 20.3 Å². The molecule has 1 aromatic heterocycles. The molecule has 4 aromatic rings. The first kappa shape index (κ1) is 22.7. The third-order valence-electron chi connectivity index (χ3n) is 5.31. The number of fused-ring (bicyclic) bond motifs is 1. The zero-order valence-corrected chi connectivity index (χ0v) is 19.2. The molecule has 3 aromatic carbocycles. The Balaban J connectivity index is 1.58. The first-order chi connectivity index (χ1) is 16.5. The lowest BCUT2D eigenvalue weighted by Gasteiger charge is -2.13. The van der Waals surface area contributed by atoms with E-state index in [2.05, 4.69) is 20.8 Å². The Hall–Kier alpha value is -4.46. The summed E-state index contributed by atoms with van der Waals surface area (Å²) in [6, 6.07) is 22.5. The van der Waals surface area contributed by atoms with Gasteiger partial charge in [0.05, 0.1) is 0 Å². The minimum absolute atomic E-state index is 0.0143. The molecule has 4 rings (SSSR count). The Morgan fingerprint density at radius 1 is 0.882 bits per heavy atom. The van der Waals surface area contributed by atoms with Crippen LogP contribution < -0.4 is 15.4 Å². The first-order valence-corrected chi connectivity index (χ1v) is 10.7. The molecule has 34 heavy (non-hydrogen) atoms. The summed E-state index contributed by atoms with van der Waals surface area (Å²) in [5, 5.41) is 16.7. The fraction of sp³-hybridized carbons (Fsp3) is 0.154. The zero-order chi connectivity index (χ0) is 24.1. The predicted octanol–water partition coefficient (Wildman–Crippen LogP) is 3.87. The summed E-state index contributed by atoms with van der Waals surface area (Å²) in [5.41, 5.74) is 3.01. The Morgan fingerprint density at radius 3 is 2.21 bits per heavy atom. The van der Waals surface area contributed by atoms with E-state index in [1.807, 2.05) is 60.7 Å². The molecule has 0 radical (unpaired) electrons. The summed E-state index contributed by atoms with van der Waals surface area (Å²) in [4.78, 5) is 25.0. The highest BCUT2D eigenvalue weighted by Gasteiger charge is 2.12. The average molecular weight is 456 g/mol. The third kappa shape index (κ3) is 4.96. The molecular formula is C26H25N5O3. The predicted molar refractivity (Wildman–Crippen MR) is 132 cm³/mol. The summed E-state index contributed by atoms with van der Waals surface area (Å²) in [6.07, 6.45) is 0. The Labute approximate surface area is 197 Å². The van der Waals surface area contributed by atoms with E-state index in [4.69, 9.17) is 4.74 Å². The van der Waals surface area contributed by atoms with Crippen molar-refractivity contribution in [1.82, 2.24) is 20.4 Å². The number of carbonyl (C=O) groups is 2. The second kappa shape index (κ2) is 9.99. The van der Waals surface area contributed by atoms with Crippen LogP contribution in [0, 0.1) is 0 Å². The molecule has 0 bridgehead atoms. The van der Waals surface area contributed by atoms with Crippen molar-refractivity contribution in [2.75, 3.05) is 33.1 Å². The number of ether oxygens (including phenoxy) is 1. The number of nitrogens with zero attached hydrogens (tertiary/aromatic N) is 3. The number of anilines is 2. The summed E-state index contributed by atoms with van der Waals surface area (Å²) >= 11 is 0. The van der Waals surface area contributed by atoms with Gasteiger partial charge in [0.1, 0.15) is 11.4 Å². The van der Waals surface area contributed by atoms with Crippen LogP contribution >= 0.6 is 0 Å². The summed E-state index contributed by atoms with van der Waals surface area (Å²) in [7, 11) is 4.98. The summed E-state index contributed by atoms with van der Waals surface area (Å²) < 4.78 is 5.56. The molecule has 2 N–H and O–H groups in total. The monoisotopic (exact) mass is 455 g/mol. The maximum Gasteiger partial charge on any atom is 0.259 e. The van der Waals surface area contributed by atoms with Gasteiger partial charge in [-0.05, 0) is 48.5 Å². The maximum absolute atomic E-state index is 11.8. The molecule has 0 saturated carbocycles.